The first-order chi connectivity index (χ1) is 10.9. The Kier molecular flexibility index (Phi) is 3.63. The first kappa shape index (κ1) is 15.2. The Balaban J connectivity index is 1.78. The lowest BCUT2D eigenvalue weighted by Gasteiger charge is -2.25. The predicted octanol–water partition coefficient (Wildman–Crippen LogP) is 2.20. The van der Waals surface area contributed by atoms with Gasteiger partial charge >= 0.3 is 5.97 Å². The number of H-pyrrole nitrogens is 1. The second-order valence-electron chi connectivity index (χ2n) is 5.91. The number of aromatic amines is 1. The molecule has 120 valence electrons. The van der Waals surface area contributed by atoms with E-state index in [0.717, 1.165) is 12.8 Å². The highest BCUT2D eigenvalue weighted by Gasteiger charge is 2.48. The molecule has 0 aliphatic heterocycles. The van der Waals surface area contributed by atoms with Gasteiger partial charge in [0.1, 0.15) is 17.1 Å². The fourth-order valence-electron chi connectivity index (χ4n) is 2.50. The summed E-state index contributed by atoms with van der Waals surface area (Å²) in [4.78, 5) is 23.7. The van der Waals surface area contributed by atoms with Gasteiger partial charge in [0.05, 0.1) is 5.69 Å². The smallest absolute Gasteiger partial charge is 0.329 e. The van der Waals surface area contributed by atoms with Crippen molar-refractivity contribution < 1.29 is 19.1 Å². The van der Waals surface area contributed by atoms with E-state index in [2.05, 4.69) is 15.5 Å². The highest BCUT2D eigenvalue weighted by Crippen LogP contribution is 2.39. The number of aliphatic carboxylic acids is 1. The summed E-state index contributed by atoms with van der Waals surface area (Å²) in [6.07, 6.45) is 1.57. The summed E-state index contributed by atoms with van der Waals surface area (Å²) in [6.45, 7) is 1.52. The largest absolute Gasteiger partial charge is 0.480 e. The van der Waals surface area contributed by atoms with E-state index >= 15 is 0 Å². The number of aromatic nitrogens is 2. The van der Waals surface area contributed by atoms with Crippen molar-refractivity contribution in [2.75, 3.05) is 0 Å². The van der Waals surface area contributed by atoms with Crippen molar-refractivity contribution in [3.8, 4) is 11.3 Å². The molecule has 1 fully saturated rings. The Morgan fingerprint density at radius 3 is 2.57 bits per heavy atom. The number of hydrogen-bond acceptors (Lipinski definition) is 3. The van der Waals surface area contributed by atoms with Crippen molar-refractivity contribution in [1.82, 2.24) is 15.5 Å². The van der Waals surface area contributed by atoms with Gasteiger partial charge in [0, 0.05) is 5.56 Å². The number of halogens is 1. The van der Waals surface area contributed by atoms with Gasteiger partial charge < -0.3 is 10.4 Å². The SMILES string of the molecule is C[C@](NC(=O)c1cc(-c2ccc(F)cc2)n[nH]1)(C(=O)O)C1CC1. The monoisotopic (exact) mass is 317 g/mol. The van der Waals surface area contributed by atoms with Gasteiger partial charge in [0.15, 0.2) is 0 Å². The van der Waals surface area contributed by atoms with Crippen LogP contribution in [0, 0.1) is 11.7 Å². The lowest BCUT2D eigenvalue weighted by molar-refractivity contribution is -0.144. The third kappa shape index (κ3) is 2.94. The van der Waals surface area contributed by atoms with Crippen LogP contribution in [-0.2, 0) is 4.79 Å². The number of hydrogen-bond donors (Lipinski definition) is 3. The average molecular weight is 317 g/mol. The zero-order valence-corrected chi connectivity index (χ0v) is 12.5. The molecule has 0 spiro atoms. The summed E-state index contributed by atoms with van der Waals surface area (Å²) in [5.41, 5.74) is 0.0269. The van der Waals surface area contributed by atoms with E-state index in [1.165, 1.54) is 25.1 Å². The molecular weight excluding hydrogens is 301 g/mol. The van der Waals surface area contributed by atoms with E-state index in [1.54, 1.807) is 12.1 Å². The lowest BCUT2D eigenvalue weighted by Crippen LogP contribution is -2.54. The third-order valence-electron chi connectivity index (χ3n) is 4.17. The fraction of sp³-hybridized carbons (Fsp3) is 0.312. The van der Waals surface area contributed by atoms with Gasteiger partial charge in [0.2, 0.25) is 0 Å². The third-order valence-corrected chi connectivity index (χ3v) is 4.17. The number of rotatable bonds is 5. The van der Waals surface area contributed by atoms with Crippen LogP contribution in [0.3, 0.4) is 0 Å². The Morgan fingerprint density at radius 1 is 1.35 bits per heavy atom. The molecule has 0 bridgehead atoms. The maximum atomic E-state index is 12.9. The Labute approximate surface area is 131 Å². The van der Waals surface area contributed by atoms with Crippen molar-refractivity contribution in [3.05, 3.63) is 41.8 Å². The molecule has 1 aromatic heterocycles. The molecule has 3 N–H and O–H groups in total. The summed E-state index contributed by atoms with van der Waals surface area (Å²) in [6, 6.07) is 7.23. The molecule has 0 unspecified atom stereocenters. The van der Waals surface area contributed by atoms with Crippen LogP contribution >= 0.6 is 0 Å². The molecular formula is C16H16FN3O3. The number of nitrogens with zero attached hydrogens (tertiary/aromatic N) is 1. The summed E-state index contributed by atoms with van der Waals surface area (Å²) >= 11 is 0. The Bertz CT molecular complexity index is 752. The minimum atomic E-state index is -1.28. The van der Waals surface area contributed by atoms with Crippen LogP contribution in [0.15, 0.2) is 30.3 Å². The van der Waals surface area contributed by atoms with E-state index < -0.39 is 17.4 Å². The van der Waals surface area contributed by atoms with Crippen LogP contribution in [0.1, 0.15) is 30.3 Å². The van der Waals surface area contributed by atoms with E-state index in [9.17, 15) is 19.1 Å². The van der Waals surface area contributed by atoms with Crippen LogP contribution < -0.4 is 5.32 Å². The van der Waals surface area contributed by atoms with Gasteiger partial charge in [-0.15, -0.1) is 0 Å². The van der Waals surface area contributed by atoms with E-state index in [0.29, 0.717) is 11.3 Å². The maximum absolute atomic E-state index is 12.9. The van der Waals surface area contributed by atoms with Gasteiger partial charge in [-0.25, -0.2) is 9.18 Å². The predicted molar refractivity (Wildman–Crippen MR) is 80.2 cm³/mol. The summed E-state index contributed by atoms with van der Waals surface area (Å²) in [7, 11) is 0. The first-order valence-electron chi connectivity index (χ1n) is 7.27. The number of carboxylic acid groups (broad SMARTS) is 1. The summed E-state index contributed by atoms with van der Waals surface area (Å²) < 4.78 is 12.9. The second-order valence-corrected chi connectivity index (χ2v) is 5.91. The van der Waals surface area contributed by atoms with Crippen molar-refractivity contribution in [3.63, 3.8) is 0 Å². The lowest BCUT2D eigenvalue weighted by atomic mass is 9.96. The van der Waals surface area contributed by atoms with Crippen LogP contribution in [0.5, 0.6) is 0 Å². The van der Waals surface area contributed by atoms with Crippen LogP contribution in [0.2, 0.25) is 0 Å². The maximum Gasteiger partial charge on any atom is 0.329 e. The number of carboxylic acids is 1. The van der Waals surface area contributed by atoms with Crippen molar-refractivity contribution in [2.45, 2.75) is 25.3 Å². The number of carbonyl (C=O) groups excluding carboxylic acids is 1. The van der Waals surface area contributed by atoms with Gasteiger partial charge in [0.25, 0.3) is 5.91 Å². The minimum Gasteiger partial charge on any atom is -0.480 e. The number of carbonyl (C=O) groups is 2. The van der Waals surface area contributed by atoms with Gasteiger partial charge in [-0.2, -0.15) is 5.10 Å². The van der Waals surface area contributed by atoms with Crippen molar-refractivity contribution in [1.29, 1.82) is 0 Å². The Hall–Kier alpha value is -2.70. The zero-order chi connectivity index (χ0) is 16.6. The first-order valence-corrected chi connectivity index (χ1v) is 7.27. The van der Waals surface area contributed by atoms with E-state index in [-0.39, 0.29) is 17.4 Å². The van der Waals surface area contributed by atoms with E-state index in [4.69, 9.17) is 0 Å². The zero-order valence-electron chi connectivity index (χ0n) is 12.5. The molecule has 1 aliphatic carbocycles. The fourth-order valence-corrected chi connectivity index (χ4v) is 2.50. The molecule has 1 aromatic carbocycles. The molecule has 1 heterocycles. The highest BCUT2D eigenvalue weighted by molar-refractivity contribution is 5.97. The number of nitrogens with one attached hydrogen (secondary N) is 2. The summed E-state index contributed by atoms with van der Waals surface area (Å²) in [5.74, 6) is -1.98. The van der Waals surface area contributed by atoms with Crippen molar-refractivity contribution >= 4 is 11.9 Å². The van der Waals surface area contributed by atoms with Crippen LogP contribution in [-0.4, -0.2) is 32.7 Å². The molecule has 3 rings (SSSR count). The summed E-state index contributed by atoms with van der Waals surface area (Å²) in [5, 5.41) is 18.6. The van der Waals surface area contributed by atoms with Crippen LogP contribution in [0.25, 0.3) is 11.3 Å². The number of benzene rings is 1. The molecule has 1 atom stereocenters. The molecule has 0 radical (unpaired) electrons. The quantitative estimate of drug-likeness (QED) is 0.788. The molecule has 1 amide bonds. The van der Waals surface area contributed by atoms with Crippen molar-refractivity contribution in [2.24, 2.45) is 5.92 Å². The highest BCUT2D eigenvalue weighted by atomic mass is 19.1. The molecule has 23 heavy (non-hydrogen) atoms. The minimum absolute atomic E-state index is 0.0524. The molecule has 7 heteroatoms. The van der Waals surface area contributed by atoms with E-state index in [1.807, 2.05) is 0 Å². The molecule has 1 saturated carbocycles. The topological polar surface area (TPSA) is 95.1 Å². The molecule has 1 aliphatic rings. The number of amides is 1. The second kappa shape index (κ2) is 5.49. The molecule has 0 saturated heterocycles. The molecule has 6 nitrogen and oxygen atoms in total. The van der Waals surface area contributed by atoms with Gasteiger partial charge in [-0.1, -0.05) is 0 Å². The van der Waals surface area contributed by atoms with Crippen LogP contribution in [0.4, 0.5) is 4.39 Å². The van der Waals surface area contributed by atoms with Gasteiger partial charge in [-0.3, -0.25) is 9.89 Å². The molecule has 2 aromatic rings. The standard InChI is InChI=1S/C16H16FN3O3/c1-16(15(22)23,10-4-5-10)18-14(21)13-8-12(19-20-13)9-2-6-11(17)7-3-9/h2-3,6-8,10H,4-5H2,1H3,(H,18,21)(H,19,20)(H,22,23)/t16-/m1/s1. The Morgan fingerprint density at radius 2 is 2.00 bits per heavy atom. The average Bonchev–Trinajstić information content (AvgIpc) is 3.26. The van der Waals surface area contributed by atoms with Gasteiger partial charge in [-0.05, 0) is 56.0 Å². The normalized spacial score (nSPS) is 16.6.